The van der Waals surface area contributed by atoms with Gasteiger partial charge in [0.2, 0.25) is 5.82 Å². The number of aryl methyl sites for hydroxylation is 2. The second-order valence-electron chi connectivity index (χ2n) is 9.10. The van der Waals surface area contributed by atoms with Crippen molar-refractivity contribution in [1.29, 1.82) is 0 Å². The number of rotatable bonds is 7. The molecule has 172 valence electrons. The first-order valence-corrected chi connectivity index (χ1v) is 11.7. The molecule has 2 amide bonds. The van der Waals surface area contributed by atoms with E-state index in [1.54, 1.807) is 4.90 Å². The summed E-state index contributed by atoms with van der Waals surface area (Å²) in [5, 5.41) is 7.44. The van der Waals surface area contributed by atoms with Crippen LogP contribution in [0, 0.1) is 12.8 Å². The molecule has 1 aliphatic heterocycles. The van der Waals surface area contributed by atoms with Gasteiger partial charge in [-0.2, -0.15) is 4.98 Å². The molecule has 1 aliphatic rings. The summed E-state index contributed by atoms with van der Waals surface area (Å²) in [5.41, 5.74) is 5.98. The molecule has 0 bridgehead atoms. The highest BCUT2D eigenvalue weighted by Crippen LogP contribution is 2.37. The Morgan fingerprint density at radius 3 is 2.55 bits per heavy atom. The van der Waals surface area contributed by atoms with Crippen LogP contribution in [0.4, 0.5) is 4.79 Å². The van der Waals surface area contributed by atoms with Crippen LogP contribution < -0.4 is 5.32 Å². The van der Waals surface area contributed by atoms with Crippen LogP contribution in [-0.4, -0.2) is 27.6 Å². The van der Waals surface area contributed by atoms with Crippen molar-refractivity contribution >= 4 is 11.6 Å². The van der Waals surface area contributed by atoms with Gasteiger partial charge in [-0.1, -0.05) is 74.0 Å². The summed E-state index contributed by atoms with van der Waals surface area (Å²) in [5.74, 6) is 1.47. The smallest absolute Gasteiger partial charge is 0.322 e. The minimum Gasteiger partial charge on any atom is -0.334 e. The van der Waals surface area contributed by atoms with Crippen molar-refractivity contribution in [2.75, 3.05) is 6.54 Å². The molecule has 1 N–H and O–H groups in total. The topological polar surface area (TPSA) is 71.3 Å². The van der Waals surface area contributed by atoms with Gasteiger partial charge >= 0.3 is 6.03 Å². The van der Waals surface area contributed by atoms with E-state index in [1.165, 1.54) is 5.56 Å². The molecule has 0 spiro atoms. The highest BCUT2D eigenvalue weighted by molar-refractivity contribution is 5.86. The van der Waals surface area contributed by atoms with Crippen LogP contribution in [0.5, 0.6) is 0 Å². The van der Waals surface area contributed by atoms with E-state index in [0.717, 1.165) is 40.8 Å². The van der Waals surface area contributed by atoms with Crippen molar-refractivity contribution in [3.05, 3.63) is 76.8 Å². The number of amides is 2. The van der Waals surface area contributed by atoms with E-state index in [9.17, 15) is 4.79 Å². The van der Waals surface area contributed by atoms with Gasteiger partial charge in [0.25, 0.3) is 5.89 Å². The molecule has 2 heterocycles. The number of benzene rings is 2. The summed E-state index contributed by atoms with van der Waals surface area (Å²) in [6.07, 6.45) is 1.87. The van der Waals surface area contributed by atoms with Crippen LogP contribution in [0.25, 0.3) is 17.0 Å². The van der Waals surface area contributed by atoms with Gasteiger partial charge in [-0.25, -0.2) is 4.79 Å². The Kier molecular flexibility index (Phi) is 6.63. The van der Waals surface area contributed by atoms with Crippen LogP contribution in [-0.2, 0) is 6.42 Å². The van der Waals surface area contributed by atoms with Crippen LogP contribution in [0.3, 0.4) is 0 Å². The summed E-state index contributed by atoms with van der Waals surface area (Å²) < 4.78 is 5.78. The predicted octanol–water partition coefficient (Wildman–Crippen LogP) is 6.15. The molecule has 0 aliphatic carbocycles. The third-order valence-corrected chi connectivity index (χ3v) is 6.18. The van der Waals surface area contributed by atoms with Crippen molar-refractivity contribution in [2.45, 2.75) is 53.5 Å². The Labute approximate surface area is 195 Å². The molecule has 3 aromatic rings. The highest BCUT2D eigenvalue weighted by atomic mass is 16.5. The van der Waals surface area contributed by atoms with E-state index >= 15 is 0 Å². The number of allylic oxidation sites excluding steroid dienone is 1. The molecular weight excluding hydrogens is 412 g/mol. The van der Waals surface area contributed by atoms with Crippen molar-refractivity contribution < 1.29 is 9.32 Å². The van der Waals surface area contributed by atoms with E-state index < -0.39 is 0 Å². The maximum atomic E-state index is 13.1. The lowest BCUT2D eigenvalue weighted by molar-refractivity contribution is 0.202. The number of nitrogens with one attached hydrogen (secondary N) is 1. The monoisotopic (exact) mass is 444 g/mol. The fourth-order valence-corrected chi connectivity index (χ4v) is 4.15. The molecule has 0 saturated heterocycles. The number of urea groups is 1. The van der Waals surface area contributed by atoms with Gasteiger partial charge in [-0.05, 0) is 49.8 Å². The van der Waals surface area contributed by atoms with Gasteiger partial charge in [0.1, 0.15) is 0 Å². The molecule has 1 atom stereocenters. The van der Waals surface area contributed by atoms with Gasteiger partial charge < -0.3 is 9.84 Å². The Morgan fingerprint density at radius 1 is 1.12 bits per heavy atom. The average Bonchev–Trinajstić information content (AvgIpc) is 3.28. The lowest BCUT2D eigenvalue weighted by Crippen LogP contribution is -2.46. The maximum Gasteiger partial charge on any atom is 0.322 e. The normalized spacial score (nSPS) is 16.5. The highest BCUT2D eigenvalue weighted by Gasteiger charge is 2.35. The minimum absolute atomic E-state index is 0.0973. The molecule has 1 aromatic heterocycles. The Morgan fingerprint density at radius 2 is 1.88 bits per heavy atom. The van der Waals surface area contributed by atoms with Crippen LogP contribution in [0.2, 0.25) is 0 Å². The second kappa shape index (κ2) is 9.61. The van der Waals surface area contributed by atoms with Crippen molar-refractivity contribution in [3.8, 4) is 11.4 Å². The van der Waals surface area contributed by atoms with Crippen molar-refractivity contribution in [2.24, 2.45) is 5.92 Å². The zero-order chi connectivity index (χ0) is 23.5. The molecule has 0 radical (unpaired) electrons. The van der Waals surface area contributed by atoms with E-state index in [0.29, 0.717) is 24.2 Å². The molecule has 6 heteroatoms. The molecule has 1 unspecified atom stereocenters. The lowest BCUT2D eigenvalue weighted by Gasteiger charge is -2.35. The number of carbonyl (C=O) groups is 1. The van der Waals surface area contributed by atoms with Gasteiger partial charge in [0, 0.05) is 17.8 Å². The maximum absolute atomic E-state index is 13.1. The Balaban J connectivity index is 1.78. The molecule has 4 rings (SSSR count). The standard InChI is InChI=1S/C27H32N4O2/c1-6-20-10-12-21(13-11-20)24-23(19(5)31(27(32)28-24)15-14-17(2)3)26-29-25(30-33-26)22-9-7-8-18(4)16-22/h7-13,16-17,24H,6,14-15H2,1-5H3,(H,28,32). The van der Waals surface area contributed by atoms with E-state index in [1.807, 2.05) is 38.1 Å². The molecular formula is C27H32N4O2. The van der Waals surface area contributed by atoms with Gasteiger partial charge in [-0.3, -0.25) is 4.90 Å². The lowest BCUT2D eigenvalue weighted by atomic mass is 9.93. The number of nitrogens with zero attached hydrogens (tertiary/aromatic N) is 3. The van der Waals surface area contributed by atoms with E-state index in [2.05, 4.69) is 55.5 Å². The molecule has 6 nitrogen and oxygen atoms in total. The zero-order valence-corrected chi connectivity index (χ0v) is 20.1. The van der Waals surface area contributed by atoms with Gasteiger partial charge in [0.15, 0.2) is 0 Å². The summed E-state index contributed by atoms with van der Waals surface area (Å²) in [6.45, 7) is 11.1. The summed E-state index contributed by atoms with van der Waals surface area (Å²) in [4.78, 5) is 19.6. The van der Waals surface area contributed by atoms with Crippen molar-refractivity contribution in [1.82, 2.24) is 20.4 Å². The number of hydrogen-bond donors (Lipinski definition) is 1. The SMILES string of the molecule is CCc1ccc(C2NC(=O)N(CCC(C)C)C(C)=C2c2nc(-c3cccc(C)c3)no2)cc1. The molecule has 2 aromatic carbocycles. The first kappa shape index (κ1) is 22.8. The summed E-state index contributed by atoms with van der Waals surface area (Å²) in [7, 11) is 0. The first-order chi connectivity index (χ1) is 15.9. The van der Waals surface area contributed by atoms with Crippen LogP contribution >= 0.6 is 0 Å². The predicted molar refractivity (Wildman–Crippen MR) is 130 cm³/mol. The minimum atomic E-state index is -0.357. The van der Waals surface area contributed by atoms with E-state index in [4.69, 9.17) is 9.51 Å². The van der Waals surface area contributed by atoms with E-state index in [-0.39, 0.29) is 12.1 Å². The van der Waals surface area contributed by atoms with Crippen molar-refractivity contribution in [3.63, 3.8) is 0 Å². The number of carbonyl (C=O) groups excluding carboxylic acids is 1. The Bertz CT molecular complexity index is 1160. The average molecular weight is 445 g/mol. The largest absolute Gasteiger partial charge is 0.334 e. The quantitative estimate of drug-likeness (QED) is 0.474. The fraction of sp³-hybridized carbons (Fsp3) is 0.370. The third-order valence-electron chi connectivity index (χ3n) is 6.18. The summed E-state index contributed by atoms with van der Waals surface area (Å²) >= 11 is 0. The van der Waals surface area contributed by atoms with Crippen LogP contribution in [0.15, 0.2) is 58.8 Å². The molecule has 0 fully saturated rings. The first-order valence-electron chi connectivity index (χ1n) is 11.7. The second-order valence-corrected chi connectivity index (χ2v) is 9.10. The zero-order valence-electron chi connectivity index (χ0n) is 20.1. The molecule has 33 heavy (non-hydrogen) atoms. The summed E-state index contributed by atoms with van der Waals surface area (Å²) in [6, 6.07) is 15.9. The number of hydrogen-bond acceptors (Lipinski definition) is 4. The molecule has 0 saturated carbocycles. The van der Waals surface area contributed by atoms with Gasteiger partial charge in [0.05, 0.1) is 11.6 Å². The van der Waals surface area contributed by atoms with Gasteiger partial charge in [-0.15, -0.1) is 0 Å². The number of aromatic nitrogens is 2. The fourth-order valence-electron chi connectivity index (χ4n) is 4.15. The third kappa shape index (κ3) is 4.85. The Hall–Kier alpha value is -3.41. The van der Waals surface area contributed by atoms with Crippen LogP contribution in [0.1, 0.15) is 62.7 Å².